The van der Waals surface area contributed by atoms with Gasteiger partial charge in [0.1, 0.15) is 11.9 Å². The van der Waals surface area contributed by atoms with Gasteiger partial charge < -0.3 is 19.3 Å². The zero-order valence-corrected chi connectivity index (χ0v) is 7.82. The normalized spacial score (nSPS) is 39.2. The fourth-order valence-electron chi connectivity index (χ4n) is 1.67. The molecule has 2 unspecified atom stereocenters. The van der Waals surface area contributed by atoms with Crippen LogP contribution < -0.4 is 0 Å². The molecule has 0 aromatic carbocycles. The van der Waals surface area contributed by atoms with Crippen molar-refractivity contribution in [2.24, 2.45) is 0 Å². The van der Waals surface area contributed by atoms with E-state index in [0.29, 0.717) is 6.42 Å². The highest BCUT2D eigenvalue weighted by Gasteiger charge is 2.47. The van der Waals surface area contributed by atoms with E-state index in [1.54, 1.807) is 6.08 Å². The van der Waals surface area contributed by atoms with E-state index in [1.165, 1.54) is 0 Å². The Morgan fingerprint density at radius 3 is 2.92 bits per heavy atom. The maximum atomic E-state index is 8.65. The molecule has 0 spiro atoms. The number of fused-ring (bicyclic) bond motifs is 1. The molecule has 2 atom stereocenters. The lowest BCUT2D eigenvalue weighted by molar-refractivity contribution is -0.183. The monoisotopic (exact) mass is 186 g/mol. The molecule has 0 aromatic heterocycles. The molecule has 2 aliphatic rings. The zero-order valence-electron chi connectivity index (χ0n) is 7.82. The summed E-state index contributed by atoms with van der Waals surface area (Å²) in [5.74, 6) is 0.216. The van der Waals surface area contributed by atoms with Gasteiger partial charge in [0.05, 0.1) is 6.61 Å². The molecule has 0 saturated carbocycles. The second-order valence-corrected chi connectivity index (χ2v) is 3.72. The quantitative estimate of drug-likeness (QED) is 0.656. The molecule has 0 amide bonds. The van der Waals surface area contributed by atoms with Crippen molar-refractivity contribution in [1.29, 1.82) is 0 Å². The van der Waals surface area contributed by atoms with Crippen LogP contribution in [-0.2, 0) is 14.2 Å². The molecule has 2 heterocycles. The Balaban J connectivity index is 2.01. The predicted molar refractivity (Wildman–Crippen MR) is 44.7 cm³/mol. The number of aliphatic hydroxyl groups is 1. The Hall–Kier alpha value is -0.580. The molecule has 13 heavy (non-hydrogen) atoms. The van der Waals surface area contributed by atoms with E-state index in [2.05, 4.69) is 0 Å². The standard InChI is InChI=1S/C9H14O4/c1-9(2)12-7-5-6(3-4-10)11-8(7)13-9/h3,7-8,10H,4-5H2,1-2H3/b6-3-. The molecule has 2 aliphatic heterocycles. The number of rotatable bonds is 1. The summed E-state index contributed by atoms with van der Waals surface area (Å²) in [7, 11) is 0. The largest absolute Gasteiger partial charge is 0.466 e. The minimum atomic E-state index is -0.542. The molecule has 0 radical (unpaired) electrons. The fourth-order valence-corrected chi connectivity index (χ4v) is 1.67. The lowest BCUT2D eigenvalue weighted by atomic mass is 10.2. The first-order valence-corrected chi connectivity index (χ1v) is 4.43. The van der Waals surface area contributed by atoms with Gasteiger partial charge in [0.15, 0.2) is 5.79 Å². The van der Waals surface area contributed by atoms with Gasteiger partial charge in [-0.3, -0.25) is 0 Å². The van der Waals surface area contributed by atoms with E-state index in [4.69, 9.17) is 19.3 Å². The van der Waals surface area contributed by atoms with E-state index in [-0.39, 0.29) is 19.0 Å². The van der Waals surface area contributed by atoms with E-state index < -0.39 is 5.79 Å². The summed E-state index contributed by atoms with van der Waals surface area (Å²) in [6.45, 7) is 3.73. The van der Waals surface area contributed by atoms with Crippen molar-refractivity contribution in [1.82, 2.24) is 0 Å². The fraction of sp³-hybridized carbons (Fsp3) is 0.778. The summed E-state index contributed by atoms with van der Waals surface area (Å²) in [6.07, 6.45) is 2.01. The summed E-state index contributed by atoms with van der Waals surface area (Å²) in [5.41, 5.74) is 0. The van der Waals surface area contributed by atoms with Gasteiger partial charge in [-0.15, -0.1) is 0 Å². The minimum Gasteiger partial charge on any atom is -0.466 e. The molecular weight excluding hydrogens is 172 g/mol. The van der Waals surface area contributed by atoms with Crippen molar-refractivity contribution in [3.63, 3.8) is 0 Å². The van der Waals surface area contributed by atoms with Crippen LogP contribution in [0.2, 0.25) is 0 Å². The van der Waals surface area contributed by atoms with Crippen molar-refractivity contribution in [3.05, 3.63) is 11.8 Å². The highest BCUT2D eigenvalue weighted by molar-refractivity contribution is 5.03. The van der Waals surface area contributed by atoms with Crippen LogP contribution in [0, 0.1) is 0 Å². The molecule has 2 saturated heterocycles. The van der Waals surface area contributed by atoms with Gasteiger partial charge in [-0.1, -0.05) is 0 Å². The van der Waals surface area contributed by atoms with Crippen molar-refractivity contribution in [2.75, 3.05) is 6.61 Å². The van der Waals surface area contributed by atoms with E-state index in [1.807, 2.05) is 13.8 Å². The predicted octanol–water partition coefficient (Wildman–Crippen LogP) is 0.760. The molecule has 2 rings (SSSR count). The Bertz CT molecular complexity index is 216. The number of aliphatic hydroxyl groups excluding tert-OH is 1. The molecule has 0 bridgehead atoms. The molecule has 74 valence electrons. The minimum absolute atomic E-state index is 0.00182. The number of hydrogen-bond acceptors (Lipinski definition) is 4. The Kier molecular flexibility index (Phi) is 2.06. The molecular formula is C9H14O4. The van der Waals surface area contributed by atoms with E-state index in [9.17, 15) is 0 Å². The van der Waals surface area contributed by atoms with Crippen LogP contribution in [0.3, 0.4) is 0 Å². The lowest BCUT2D eigenvalue weighted by Crippen LogP contribution is -2.22. The topological polar surface area (TPSA) is 47.9 Å². The molecule has 4 nitrogen and oxygen atoms in total. The SMILES string of the molecule is CC1(C)OC2C/C(=C/CO)OC2O1. The van der Waals surface area contributed by atoms with Crippen LogP contribution in [-0.4, -0.2) is 29.9 Å². The smallest absolute Gasteiger partial charge is 0.228 e. The molecule has 0 aliphatic carbocycles. The summed E-state index contributed by atoms with van der Waals surface area (Å²) in [5, 5.41) is 8.65. The molecule has 0 aromatic rings. The molecule has 1 N–H and O–H groups in total. The second kappa shape index (κ2) is 2.97. The van der Waals surface area contributed by atoms with Gasteiger partial charge in [-0.25, -0.2) is 0 Å². The summed E-state index contributed by atoms with van der Waals surface area (Å²) >= 11 is 0. The molecule has 4 heteroatoms. The van der Waals surface area contributed by atoms with Gasteiger partial charge in [0, 0.05) is 6.42 Å². The summed E-state index contributed by atoms with van der Waals surface area (Å²) in [4.78, 5) is 0. The second-order valence-electron chi connectivity index (χ2n) is 3.72. The summed E-state index contributed by atoms with van der Waals surface area (Å²) < 4.78 is 16.5. The number of hydrogen-bond donors (Lipinski definition) is 1. The van der Waals surface area contributed by atoms with Gasteiger partial charge >= 0.3 is 0 Å². The van der Waals surface area contributed by atoms with Crippen LogP contribution in [0.1, 0.15) is 20.3 Å². The van der Waals surface area contributed by atoms with Crippen LogP contribution >= 0.6 is 0 Å². The van der Waals surface area contributed by atoms with Gasteiger partial charge in [-0.2, -0.15) is 0 Å². The highest BCUT2D eigenvalue weighted by atomic mass is 16.8. The third kappa shape index (κ3) is 1.70. The third-order valence-electron chi connectivity index (χ3n) is 2.13. The Morgan fingerprint density at radius 2 is 2.31 bits per heavy atom. The summed E-state index contributed by atoms with van der Waals surface area (Å²) in [6, 6.07) is 0. The van der Waals surface area contributed by atoms with Crippen molar-refractivity contribution < 1.29 is 19.3 Å². The van der Waals surface area contributed by atoms with Gasteiger partial charge in [-0.05, 0) is 19.9 Å². The van der Waals surface area contributed by atoms with Crippen molar-refractivity contribution >= 4 is 0 Å². The molecule has 2 fully saturated rings. The first-order valence-electron chi connectivity index (χ1n) is 4.43. The maximum absolute atomic E-state index is 8.65. The van der Waals surface area contributed by atoms with E-state index >= 15 is 0 Å². The first-order chi connectivity index (χ1) is 6.11. The van der Waals surface area contributed by atoms with Crippen molar-refractivity contribution in [2.45, 2.75) is 38.4 Å². The third-order valence-corrected chi connectivity index (χ3v) is 2.13. The average molecular weight is 186 g/mol. The maximum Gasteiger partial charge on any atom is 0.228 e. The van der Waals surface area contributed by atoms with Crippen LogP contribution in [0.5, 0.6) is 0 Å². The Labute approximate surface area is 77.1 Å². The van der Waals surface area contributed by atoms with Crippen molar-refractivity contribution in [3.8, 4) is 0 Å². The zero-order chi connectivity index (χ0) is 9.47. The van der Waals surface area contributed by atoms with Crippen LogP contribution in [0.4, 0.5) is 0 Å². The first kappa shape index (κ1) is 8.99. The van der Waals surface area contributed by atoms with Gasteiger partial charge in [0.2, 0.25) is 6.29 Å². The number of ether oxygens (including phenoxy) is 3. The van der Waals surface area contributed by atoms with Crippen LogP contribution in [0.25, 0.3) is 0 Å². The lowest BCUT2D eigenvalue weighted by Gasteiger charge is -2.18. The van der Waals surface area contributed by atoms with Gasteiger partial charge in [0.25, 0.3) is 0 Å². The van der Waals surface area contributed by atoms with Crippen LogP contribution in [0.15, 0.2) is 11.8 Å². The average Bonchev–Trinajstić information content (AvgIpc) is 2.41. The Morgan fingerprint density at radius 1 is 1.54 bits per heavy atom. The van der Waals surface area contributed by atoms with E-state index in [0.717, 1.165) is 5.76 Å². The highest BCUT2D eigenvalue weighted by Crippen LogP contribution is 2.38.